The fraction of sp³-hybridized carbons (Fsp3) is 0.400. The molecule has 2 aromatic heterocycles. The maximum atomic E-state index is 13.2. The molecular formula is C20H24N4O4S2. The Bertz CT molecular complexity index is 1050. The summed E-state index contributed by atoms with van der Waals surface area (Å²) in [6, 6.07) is 3.70. The fourth-order valence-electron chi connectivity index (χ4n) is 3.01. The van der Waals surface area contributed by atoms with E-state index in [9.17, 15) is 9.59 Å². The highest BCUT2D eigenvalue weighted by atomic mass is 32.2. The first-order chi connectivity index (χ1) is 14.5. The lowest BCUT2D eigenvalue weighted by molar-refractivity contribution is -0.122. The van der Waals surface area contributed by atoms with E-state index in [1.54, 1.807) is 32.6 Å². The van der Waals surface area contributed by atoms with E-state index in [0.717, 1.165) is 12.0 Å². The van der Waals surface area contributed by atoms with E-state index in [1.807, 2.05) is 13.0 Å². The number of fused-ring (bicyclic) bond motifs is 1. The Labute approximate surface area is 184 Å². The van der Waals surface area contributed by atoms with E-state index in [-0.39, 0.29) is 11.5 Å². The van der Waals surface area contributed by atoms with Crippen LogP contribution in [-0.4, -0.2) is 65.0 Å². The van der Waals surface area contributed by atoms with Gasteiger partial charge in [0.2, 0.25) is 0 Å². The van der Waals surface area contributed by atoms with Crippen LogP contribution >= 0.6 is 24.0 Å². The molecule has 0 radical (unpaired) electrons. The normalized spacial score (nSPS) is 15.6. The van der Waals surface area contributed by atoms with E-state index in [0.29, 0.717) is 52.6 Å². The van der Waals surface area contributed by atoms with Crippen LogP contribution in [0, 0.1) is 6.92 Å². The molecule has 30 heavy (non-hydrogen) atoms. The van der Waals surface area contributed by atoms with Crippen molar-refractivity contribution in [1.29, 1.82) is 0 Å². The van der Waals surface area contributed by atoms with Crippen molar-refractivity contribution in [3.05, 3.63) is 44.7 Å². The van der Waals surface area contributed by atoms with E-state index >= 15 is 0 Å². The molecule has 1 amide bonds. The van der Waals surface area contributed by atoms with Gasteiger partial charge in [0.1, 0.15) is 15.8 Å². The number of nitrogens with one attached hydrogen (secondary N) is 1. The molecule has 0 spiro atoms. The number of carbonyl (C=O) groups is 1. The molecule has 0 atom stereocenters. The lowest BCUT2D eigenvalue weighted by atomic mass is 10.2. The molecular weight excluding hydrogens is 424 g/mol. The number of hydrogen-bond acceptors (Lipinski definition) is 8. The Hall–Kier alpha value is -2.27. The first-order valence-electron chi connectivity index (χ1n) is 9.47. The highest BCUT2D eigenvalue weighted by molar-refractivity contribution is 8.26. The molecule has 160 valence electrons. The molecule has 0 unspecified atom stereocenters. The molecule has 8 nitrogen and oxygen atoms in total. The van der Waals surface area contributed by atoms with Crippen molar-refractivity contribution >= 4 is 51.7 Å². The van der Waals surface area contributed by atoms with Gasteiger partial charge in [-0.2, -0.15) is 0 Å². The third-order valence-corrected chi connectivity index (χ3v) is 5.95. The number of thioether (sulfide) groups is 1. The van der Waals surface area contributed by atoms with Gasteiger partial charge < -0.3 is 14.8 Å². The van der Waals surface area contributed by atoms with Gasteiger partial charge in [-0.15, -0.1) is 0 Å². The zero-order valence-electron chi connectivity index (χ0n) is 17.1. The Balaban J connectivity index is 2.04. The van der Waals surface area contributed by atoms with Crippen molar-refractivity contribution in [2.24, 2.45) is 0 Å². The first-order valence-corrected chi connectivity index (χ1v) is 10.7. The van der Waals surface area contributed by atoms with Crippen molar-refractivity contribution < 1.29 is 14.3 Å². The van der Waals surface area contributed by atoms with Crippen LogP contribution in [-0.2, 0) is 14.3 Å². The summed E-state index contributed by atoms with van der Waals surface area (Å²) in [5.41, 5.74) is 1.52. The Kier molecular flexibility index (Phi) is 7.59. The lowest BCUT2D eigenvalue weighted by Gasteiger charge is -2.13. The van der Waals surface area contributed by atoms with Gasteiger partial charge in [0.15, 0.2) is 0 Å². The second-order valence-electron chi connectivity index (χ2n) is 6.66. The third kappa shape index (κ3) is 4.72. The van der Waals surface area contributed by atoms with Gasteiger partial charge in [0.25, 0.3) is 11.5 Å². The standard InChI is InChI=1S/C20H24N4O4S2/c1-13-6-4-8-23-17(13)22-16(21-7-5-10-27-2)14(18(23)25)12-15-19(26)24(9-11-28-3)20(29)30-15/h4,6,8,12,21H,5,7,9-11H2,1-3H3. The number of hydrogen-bond donors (Lipinski definition) is 1. The summed E-state index contributed by atoms with van der Waals surface area (Å²) < 4.78 is 12.1. The number of aryl methyl sites for hydroxylation is 1. The minimum atomic E-state index is -0.250. The molecule has 1 N–H and O–H groups in total. The molecule has 3 heterocycles. The summed E-state index contributed by atoms with van der Waals surface area (Å²) >= 11 is 6.50. The topological polar surface area (TPSA) is 85.2 Å². The zero-order chi connectivity index (χ0) is 21.7. The molecule has 1 saturated heterocycles. The monoisotopic (exact) mass is 448 g/mol. The van der Waals surface area contributed by atoms with Gasteiger partial charge in [-0.1, -0.05) is 30.0 Å². The van der Waals surface area contributed by atoms with Crippen LogP contribution in [0.4, 0.5) is 5.82 Å². The number of rotatable bonds is 9. The number of ether oxygens (including phenoxy) is 2. The largest absolute Gasteiger partial charge is 0.385 e. The Morgan fingerprint density at radius 2 is 2.03 bits per heavy atom. The molecule has 2 aromatic rings. The van der Waals surface area contributed by atoms with Crippen LogP contribution < -0.4 is 10.9 Å². The number of methoxy groups -OCH3 is 2. The average Bonchev–Trinajstić information content (AvgIpc) is 2.99. The van der Waals surface area contributed by atoms with Crippen LogP contribution in [0.5, 0.6) is 0 Å². The average molecular weight is 449 g/mol. The van der Waals surface area contributed by atoms with Gasteiger partial charge in [-0.25, -0.2) is 4.98 Å². The molecule has 0 saturated carbocycles. The summed E-state index contributed by atoms with van der Waals surface area (Å²) in [5.74, 6) is 0.202. The fourth-order valence-corrected chi connectivity index (χ4v) is 4.30. The van der Waals surface area contributed by atoms with Crippen LogP contribution in [0.3, 0.4) is 0 Å². The Morgan fingerprint density at radius 3 is 2.77 bits per heavy atom. The Morgan fingerprint density at radius 1 is 1.27 bits per heavy atom. The third-order valence-electron chi connectivity index (χ3n) is 4.57. The highest BCUT2D eigenvalue weighted by Crippen LogP contribution is 2.32. The maximum Gasteiger partial charge on any atom is 0.267 e. The van der Waals surface area contributed by atoms with Crippen LogP contribution in [0.1, 0.15) is 17.5 Å². The smallest absolute Gasteiger partial charge is 0.267 e. The van der Waals surface area contributed by atoms with E-state index in [2.05, 4.69) is 10.3 Å². The summed E-state index contributed by atoms with van der Waals surface area (Å²) in [5, 5.41) is 3.22. The van der Waals surface area contributed by atoms with Crippen LogP contribution in [0.2, 0.25) is 0 Å². The second-order valence-corrected chi connectivity index (χ2v) is 8.34. The second kappa shape index (κ2) is 10.2. The van der Waals surface area contributed by atoms with Gasteiger partial charge in [0, 0.05) is 33.6 Å². The van der Waals surface area contributed by atoms with Crippen molar-refractivity contribution in [2.75, 3.05) is 45.8 Å². The molecule has 0 aromatic carbocycles. The molecule has 1 aliphatic rings. The number of anilines is 1. The minimum Gasteiger partial charge on any atom is -0.385 e. The summed E-state index contributed by atoms with van der Waals surface area (Å²) in [6.07, 6.45) is 4.01. The van der Waals surface area contributed by atoms with Gasteiger partial charge in [0.05, 0.1) is 23.6 Å². The number of thiocarbonyl (C=S) groups is 1. The van der Waals surface area contributed by atoms with Gasteiger partial charge >= 0.3 is 0 Å². The van der Waals surface area contributed by atoms with Crippen molar-refractivity contribution in [1.82, 2.24) is 14.3 Å². The number of carbonyl (C=O) groups excluding carboxylic acids is 1. The van der Waals surface area contributed by atoms with Gasteiger partial charge in [-0.3, -0.25) is 18.9 Å². The van der Waals surface area contributed by atoms with E-state index < -0.39 is 0 Å². The molecule has 3 rings (SSSR count). The number of aromatic nitrogens is 2. The zero-order valence-corrected chi connectivity index (χ0v) is 18.8. The maximum absolute atomic E-state index is 13.2. The van der Waals surface area contributed by atoms with Gasteiger partial charge in [-0.05, 0) is 31.1 Å². The molecule has 0 bridgehead atoms. The predicted octanol–water partition coefficient (Wildman–Crippen LogP) is 2.30. The quantitative estimate of drug-likeness (QED) is 0.355. The van der Waals surface area contributed by atoms with E-state index in [1.165, 1.54) is 21.1 Å². The van der Waals surface area contributed by atoms with Crippen LogP contribution in [0.15, 0.2) is 28.0 Å². The number of pyridine rings is 1. The minimum absolute atomic E-state index is 0.235. The molecule has 1 fully saturated rings. The van der Waals surface area contributed by atoms with Crippen LogP contribution in [0.25, 0.3) is 11.7 Å². The van der Waals surface area contributed by atoms with Crippen molar-refractivity contribution in [3.8, 4) is 0 Å². The lowest BCUT2D eigenvalue weighted by Crippen LogP contribution is -2.31. The molecule has 1 aliphatic heterocycles. The SMILES string of the molecule is COCCCNc1nc2c(C)cccn2c(=O)c1C=C1SC(=S)N(CCOC)C1=O. The van der Waals surface area contributed by atoms with Crippen molar-refractivity contribution in [2.45, 2.75) is 13.3 Å². The molecule has 10 heteroatoms. The molecule has 0 aliphatic carbocycles. The summed E-state index contributed by atoms with van der Waals surface area (Å²) in [4.78, 5) is 32.6. The predicted molar refractivity (Wildman–Crippen MR) is 123 cm³/mol. The first kappa shape index (κ1) is 22.4. The highest BCUT2D eigenvalue weighted by Gasteiger charge is 2.32. The summed E-state index contributed by atoms with van der Waals surface area (Å²) in [7, 11) is 3.21. The number of nitrogens with zero attached hydrogens (tertiary/aromatic N) is 3. The summed E-state index contributed by atoms with van der Waals surface area (Å²) in [6.45, 7) is 3.82. The van der Waals surface area contributed by atoms with Crippen molar-refractivity contribution in [3.63, 3.8) is 0 Å². The number of amides is 1. The van der Waals surface area contributed by atoms with E-state index in [4.69, 9.17) is 21.7 Å².